The van der Waals surface area contributed by atoms with Crippen LogP contribution in [0.5, 0.6) is 0 Å². The highest BCUT2D eigenvalue weighted by atomic mass is 16.5. The van der Waals surface area contributed by atoms with Crippen LogP contribution in [0.1, 0.15) is 25.3 Å². The lowest BCUT2D eigenvalue weighted by molar-refractivity contribution is -0.144. The Morgan fingerprint density at radius 3 is 2.28 bits per heavy atom. The summed E-state index contributed by atoms with van der Waals surface area (Å²) in [6.07, 6.45) is 0.235. The predicted molar refractivity (Wildman–Crippen MR) is 115 cm³/mol. The van der Waals surface area contributed by atoms with Crippen molar-refractivity contribution in [2.24, 2.45) is 0 Å². The smallest absolute Gasteiger partial charge is 0.306 e. The number of hydrogen-bond acceptors (Lipinski definition) is 5. The third-order valence-electron chi connectivity index (χ3n) is 5.00. The molecule has 0 radical (unpaired) electrons. The van der Waals surface area contributed by atoms with E-state index in [4.69, 9.17) is 4.74 Å². The van der Waals surface area contributed by atoms with Gasteiger partial charge in [-0.1, -0.05) is 30.3 Å². The first-order chi connectivity index (χ1) is 14.1. The van der Waals surface area contributed by atoms with Gasteiger partial charge in [-0.15, -0.1) is 0 Å². The van der Waals surface area contributed by atoms with Crippen LogP contribution in [0.3, 0.4) is 0 Å². The number of hydrogen-bond donors (Lipinski definition) is 1. The molecule has 0 spiro atoms. The predicted octanol–water partition coefficient (Wildman–Crippen LogP) is 3.29. The molecule has 6 nitrogen and oxygen atoms in total. The zero-order chi connectivity index (χ0) is 20.5. The Morgan fingerprint density at radius 1 is 0.931 bits per heavy atom. The number of rotatable bonds is 8. The Balaban J connectivity index is 1.41. The number of esters is 1. The number of carbonyl (C=O) groups is 2. The average Bonchev–Trinajstić information content (AvgIpc) is 2.75. The lowest BCUT2D eigenvalue weighted by atomic mass is 10.1. The molecule has 1 heterocycles. The summed E-state index contributed by atoms with van der Waals surface area (Å²) in [6.45, 7) is 7.10. The van der Waals surface area contributed by atoms with Gasteiger partial charge in [-0.25, -0.2) is 0 Å². The highest BCUT2D eigenvalue weighted by molar-refractivity contribution is 5.92. The van der Waals surface area contributed by atoms with Gasteiger partial charge >= 0.3 is 5.97 Å². The summed E-state index contributed by atoms with van der Waals surface area (Å²) in [5.74, 6) is -0.520. The van der Waals surface area contributed by atoms with Gasteiger partial charge in [0.2, 0.25) is 5.91 Å². The molecule has 1 fully saturated rings. The van der Waals surface area contributed by atoms with E-state index >= 15 is 0 Å². The molecule has 2 aromatic rings. The van der Waals surface area contributed by atoms with E-state index in [1.54, 1.807) is 6.92 Å². The minimum absolute atomic E-state index is 0.104. The van der Waals surface area contributed by atoms with E-state index in [2.05, 4.69) is 39.4 Å². The molecular weight excluding hydrogens is 366 g/mol. The second-order valence-electron chi connectivity index (χ2n) is 7.15. The minimum atomic E-state index is -0.342. The van der Waals surface area contributed by atoms with E-state index in [9.17, 15) is 9.59 Å². The summed E-state index contributed by atoms with van der Waals surface area (Å²) < 4.78 is 4.84. The molecule has 1 aliphatic rings. The van der Waals surface area contributed by atoms with Crippen LogP contribution in [0.15, 0.2) is 54.6 Å². The quantitative estimate of drug-likeness (QED) is 0.695. The number of anilines is 2. The molecule has 0 unspecified atom stereocenters. The number of benzene rings is 2. The number of carbonyl (C=O) groups excluding carboxylic acids is 2. The lowest BCUT2D eigenvalue weighted by Gasteiger charge is -2.36. The molecule has 1 N–H and O–H groups in total. The van der Waals surface area contributed by atoms with Gasteiger partial charge in [0.05, 0.1) is 13.0 Å². The molecule has 1 saturated heterocycles. The van der Waals surface area contributed by atoms with Crippen molar-refractivity contribution in [1.29, 1.82) is 0 Å². The van der Waals surface area contributed by atoms with Crippen LogP contribution < -0.4 is 10.2 Å². The topological polar surface area (TPSA) is 61.9 Å². The highest BCUT2D eigenvalue weighted by Crippen LogP contribution is 2.17. The van der Waals surface area contributed by atoms with E-state index in [1.165, 1.54) is 11.3 Å². The fraction of sp³-hybridized carbons (Fsp3) is 0.391. The molecule has 2 aromatic carbocycles. The van der Waals surface area contributed by atoms with Gasteiger partial charge < -0.3 is 15.0 Å². The van der Waals surface area contributed by atoms with E-state index in [-0.39, 0.29) is 24.7 Å². The van der Waals surface area contributed by atoms with E-state index < -0.39 is 0 Å². The third-order valence-corrected chi connectivity index (χ3v) is 5.00. The molecule has 154 valence electrons. The van der Waals surface area contributed by atoms with Gasteiger partial charge in [0.15, 0.2) is 0 Å². The maximum absolute atomic E-state index is 11.9. The fourth-order valence-corrected chi connectivity index (χ4v) is 3.43. The maximum Gasteiger partial charge on any atom is 0.306 e. The summed E-state index contributed by atoms with van der Waals surface area (Å²) in [4.78, 5) is 28.1. The highest BCUT2D eigenvalue weighted by Gasteiger charge is 2.17. The van der Waals surface area contributed by atoms with Gasteiger partial charge in [0.1, 0.15) is 0 Å². The molecule has 1 aliphatic heterocycles. The van der Waals surface area contributed by atoms with Crippen molar-refractivity contribution in [3.05, 3.63) is 60.2 Å². The first kappa shape index (κ1) is 20.9. The van der Waals surface area contributed by atoms with Gasteiger partial charge in [-0.05, 0) is 36.8 Å². The van der Waals surface area contributed by atoms with Crippen molar-refractivity contribution in [3.8, 4) is 0 Å². The second-order valence-corrected chi connectivity index (χ2v) is 7.15. The monoisotopic (exact) mass is 395 g/mol. The van der Waals surface area contributed by atoms with Crippen LogP contribution in [0.4, 0.5) is 11.4 Å². The zero-order valence-corrected chi connectivity index (χ0v) is 17.0. The largest absolute Gasteiger partial charge is 0.466 e. The average molecular weight is 396 g/mol. The number of nitrogens with zero attached hydrogens (tertiary/aromatic N) is 2. The summed E-state index contributed by atoms with van der Waals surface area (Å²) in [7, 11) is 0. The number of amides is 1. The normalized spacial score (nSPS) is 14.4. The summed E-state index contributed by atoms with van der Waals surface area (Å²) in [5, 5.41) is 2.83. The van der Waals surface area contributed by atoms with Gasteiger partial charge in [0, 0.05) is 50.5 Å². The van der Waals surface area contributed by atoms with Gasteiger partial charge in [0.25, 0.3) is 0 Å². The summed E-state index contributed by atoms with van der Waals surface area (Å²) in [6, 6.07) is 18.5. The molecule has 6 heteroatoms. The van der Waals surface area contributed by atoms with Crippen molar-refractivity contribution in [3.63, 3.8) is 0 Å². The molecular formula is C23H29N3O3. The van der Waals surface area contributed by atoms with Crippen LogP contribution in [-0.2, 0) is 20.9 Å². The second kappa shape index (κ2) is 10.6. The molecule has 0 aromatic heterocycles. The van der Waals surface area contributed by atoms with Crippen molar-refractivity contribution >= 4 is 23.3 Å². The molecule has 0 aliphatic carbocycles. The van der Waals surface area contributed by atoms with Crippen LogP contribution in [0.25, 0.3) is 0 Å². The van der Waals surface area contributed by atoms with Crippen LogP contribution >= 0.6 is 0 Å². The number of para-hydroxylation sites is 1. The molecule has 0 bridgehead atoms. The molecule has 1 amide bonds. The summed E-state index contributed by atoms with van der Waals surface area (Å²) >= 11 is 0. The van der Waals surface area contributed by atoms with Crippen molar-refractivity contribution in [2.45, 2.75) is 26.3 Å². The first-order valence-electron chi connectivity index (χ1n) is 10.2. The Morgan fingerprint density at radius 2 is 1.62 bits per heavy atom. The minimum Gasteiger partial charge on any atom is -0.466 e. The Labute approximate surface area is 172 Å². The van der Waals surface area contributed by atoms with E-state index in [0.29, 0.717) is 6.61 Å². The maximum atomic E-state index is 11.9. The summed E-state index contributed by atoms with van der Waals surface area (Å²) in [5.41, 5.74) is 3.26. The lowest BCUT2D eigenvalue weighted by Crippen LogP contribution is -2.45. The number of piperazine rings is 1. The van der Waals surface area contributed by atoms with Crippen LogP contribution in [0.2, 0.25) is 0 Å². The van der Waals surface area contributed by atoms with Gasteiger partial charge in [-0.3, -0.25) is 14.5 Å². The number of ether oxygens (including phenoxy) is 1. The van der Waals surface area contributed by atoms with Crippen molar-refractivity contribution in [1.82, 2.24) is 4.90 Å². The van der Waals surface area contributed by atoms with Gasteiger partial charge in [-0.2, -0.15) is 0 Å². The molecule has 0 atom stereocenters. The zero-order valence-electron chi connectivity index (χ0n) is 17.0. The Hall–Kier alpha value is -2.86. The van der Waals surface area contributed by atoms with Crippen LogP contribution in [-0.4, -0.2) is 49.6 Å². The Kier molecular flexibility index (Phi) is 7.64. The fourth-order valence-electron chi connectivity index (χ4n) is 3.43. The SMILES string of the molecule is CCOC(=O)CCC(=O)Nc1ccc(CN2CCN(c3ccccc3)CC2)cc1. The van der Waals surface area contributed by atoms with Crippen LogP contribution in [0, 0.1) is 0 Å². The first-order valence-corrected chi connectivity index (χ1v) is 10.2. The van der Waals surface area contributed by atoms with E-state index in [0.717, 1.165) is 38.4 Å². The number of nitrogens with one attached hydrogen (secondary N) is 1. The third kappa shape index (κ3) is 6.61. The Bertz CT molecular complexity index is 785. The standard InChI is InChI=1S/C23H29N3O3/c1-2-29-23(28)13-12-22(27)24-20-10-8-19(9-11-20)18-25-14-16-26(17-15-25)21-6-4-3-5-7-21/h3-11H,2,12-18H2,1H3,(H,24,27). The van der Waals surface area contributed by atoms with Crippen molar-refractivity contribution < 1.29 is 14.3 Å². The molecule has 29 heavy (non-hydrogen) atoms. The van der Waals surface area contributed by atoms with Crippen molar-refractivity contribution in [2.75, 3.05) is 43.0 Å². The molecule has 3 rings (SSSR count). The molecule has 0 saturated carbocycles. The van der Waals surface area contributed by atoms with E-state index in [1.807, 2.05) is 30.3 Å².